The van der Waals surface area contributed by atoms with Crippen molar-refractivity contribution in [3.05, 3.63) is 77.5 Å². The first kappa shape index (κ1) is 15.7. The topological polar surface area (TPSA) is 52.3 Å². The van der Waals surface area contributed by atoms with Crippen molar-refractivity contribution in [2.24, 2.45) is 0 Å². The number of carbonyl (C=O) groups excluding carboxylic acids is 1. The molecule has 0 spiro atoms. The number of methoxy groups -OCH3 is 1. The SMILES string of the molecule is COC(=O)c1nc(/C=C/c2ccccc2-c2ccccc2)oc1C. The Bertz CT molecular complexity index is 879. The lowest BCUT2D eigenvalue weighted by Crippen LogP contribution is -2.03. The number of carbonyl (C=O) groups is 1. The monoisotopic (exact) mass is 319 g/mol. The van der Waals surface area contributed by atoms with Crippen LogP contribution in [-0.2, 0) is 4.74 Å². The van der Waals surface area contributed by atoms with Crippen LogP contribution in [0.15, 0.2) is 59.0 Å². The summed E-state index contributed by atoms with van der Waals surface area (Å²) >= 11 is 0. The summed E-state index contributed by atoms with van der Waals surface area (Å²) in [4.78, 5) is 15.8. The molecule has 0 aliphatic carbocycles. The molecule has 2 aromatic carbocycles. The Kier molecular flexibility index (Phi) is 4.57. The fourth-order valence-electron chi connectivity index (χ4n) is 2.46. The molecule has 0 N–H and O–H groups in total. The highest BCUT2D eigenvalue weighted by atomic mass is 16.5. The maximum absolute atomic E-state index is 11.6. The van der Waals surface area contributed by atoms with Gasteiger partial charge in [0.15, 0.2) is 5.69 Å². The maximum atomic E-state index is 11.6. The van der Waals surface area contributed by atoms with Gasteiger partial charge in [0.1, 0.15) is 5.76 Å². The molecular weight excluding hydrogens is 302 g/mol. The molecule has 120 valence electrons. The fourth-order valence-corrected chi connectivity index (χ4v) is 2.46. The van der Waals surface area contributed by atoms with Gasteiger partial charge in [-0.25, -0.2) is 9.78 Å². The van der Waals surface area contributed by atoms with E-state index >= 15 is 0 Å². The Morgan fingerprint density at radius 1 is 1.04 bits per heavy atom. The number of nitrogens with zero attached hydrogens (tertiary/aromatic N) is 1. The first-order chi connectivity index (χ1) is 11.7. The lowest BCUT2D eigenvalue weighted by atomic mass is 9.99. The third-order valence-corrected chi connectivity index (χ3v) is 3.64. The van der Waals surface area contributed by atoms with E-state index in [2.05, 4.69) is 27.9 Å². The normalized spacial score (nSPS) is 10.9. The van der Waals surface area contributed by atoms with Gasteiger partial charge >= 0.3 is 5.97 Å². The van der Waals surface area contributed by atoms with Crippen LogP contribution in [0.4, 0.5) is 0 Å². The molecule has 0 saturated heterocycles. The third kappa shape index (κ3) is 3.27. The quantitative estimate of drug-likeness (QED) is 0.659. The summed E-state index contributed by atoms with van der Waals surface area (Å²) < 4.78 is 10.2. The van der Waals surface area contributed by atoms with E-state index in [0.717, 1.165) is 16.7 Å². The van der Waals surface area contributed by atoms with Crippen molar-refractivity contribution in [2.75, 3.05) is 7.11 Å². The molecule has 0 radical (unpaired) electrons. The third-order valence-electron chi connectivity index (χ3n) is 3.64. The molecule has 3 rings (SSSR count). The van der Waals surface area contributed by atoms with Gasteiger partial charge in [-0.3, -0.25) is 0 Å². The van der Waals surface area contributed by atoms with Gasteiger partial charge in [-0.2, -0.15) is 0 Å². The van der Waals surface area contributed by atoms with E-state index in [0.29, 0.717) is 11.7 Å². The van der Waals surface area contributed by atoms with Crippen LogP contribution in [0.3, 0.4) is 0 Å². The van der Waals surface area contributed by atoms with E-state index in [-0.39, 0.29) is 5.69 Å². The second-order valence-corrected chi connectivity index (χ2v) is 5.24. The van der Waals surface area contributed by atoms with Crippen molar-refractivity contribution in [1.82, 2.24) is 4.98 Å². The molecule has 0 aliphatic rings. The second-order valence-electron chi connectivity index (χ2n) is 5.24. The smallest absolute Gasteiger partial charge is 0.360 e. The average molecular weight is 319 g/mol. The van der Waals surface area contributed by atoms with Gasteiger partial charge in [0, 0.05) is 6.08 Å². The van der Waals surface area contributed by atoms with Gasteiger partial charge in [0.2, 0.25) is 5.89 Å². The molecule has 24 heavy (non-hydrogen) atoms. The molecular formula is C20H17NO3. The molecule has 3 aromatic rings. The number of aromatic nitrogens is 1. The van der Waals surface area contributed by atoms with E-state index in [1.165, 1.54) is 7.11 Å². The zero-order valence-electron chi connectivity index (χ0n) is 13.5. The molecule has 0 bridgehead atoms. The lowest BCUT2D eigenvalue weighted by Gasteiger charge is -2.05. The summed E-state index contributed by atoms with van der Waals surface area (Å²) in [6.07, 6.45) is 3.68. The van der Waals surface area contributed by atoms with Gasteiger partial charge in [0.25, 0.3) is 0 Å². The predicted octanol–water partition coefficient (Wildman–Crippen LogP) is 4.61. The minimum Gasteiger partial charge on any atom is -0.464 e. The molecule has 0 amide bonds. The van der Waals surface area contributed by atoms with E-state index < -0.39 is 5.97 Å². The van der Waals surface area contributed by atoms with Crippen LogP contribution in [0.25, 0.3) is 23.3 Å². The van der Waals surface area contributed by atoms with E-state index in [1.54, 1.807) is 13.0 Å². The van der Waals surface area contributed by atoms with Crippen LogP contribution in [0.1, 0.15) is 27.7 Å². The van der Waals surface area contributed by atoms with Crippen molar-refractivity contribution in [3.63, 3.8) is 0 Å². The van der Waals surface area contributed by atoms with E-state index in [4.69, 9.17) is 4.42 Å². The highest BCUT2D eigenvalue weighted by Gasteiger charge is 2.16. The molecule has 0 saturated carbocycles. The Hall–Kier alpha value is -3.14. The van der Waals surface area contributed by atoms with Crippen LogP contribution in [-0.4, -0.2) is 18.1 Å². The summed E-state index contributed by atoms with van der Waals surface area (Å²) in [6.45, 7) is 1.69. The number of oxazole rings is 1. The summed E-state index contributed by atoms with van der Waals surface area (Å²) in [5.74, 6) is 0.314. The zero-order valence-corrected chi connectivity index (χ0v) is 13.5. The van der Waals surface area contributed by atoms with Gasteiger partial charge < -0.3 is 9.15 Å². The summed E-state index contributed by atoms with van der Waals surface area (Å²) in [6, 6.07) is 18.2. The average Bonchev–Trinajstić information content (AvgIpc) is 3.01. The Labute approximate surface area is 140 Å². The van der Waals surface area contributed by atoms with Gasteiger partial charge in [-0.05, 0) is 29.7 Å². The Morgan fingerprint density at radius 3 is 2.50 bits per heavy atom. The fraction of sp³-hybridized carbons (Fsp3) is 0.100. The minimum absolute atomic E-state index is 0.202. The van der Waals surface area contributed by atoms with Crippen molar-refractivity contribution in [2.45, 2.75) is 6.92 Å². The van der Waals surface area contributed by atoms with Crippen molar-refractivity contribution in [1.29, 1.82) is 0 Å². The van der Waals surface area contributed by atoms with Crippen LogP contribution in [0.2, 0.25) is 0 Å². The highest BCUT2D eigenvalue weighted by Crippen LogP contribution is 2.25. The van der Waals surface area contributed by atoms with Gasteiger partial charge in [0.05, 0.1) is 7.11 Å². The Balaban J connectivity index is 1.92. The first-order valence-electron chi connectivity index (χ1n) is 7.57. The molecule has 4 heteroatoms. The number of rotatable bonds is 4. The number of ether oxygens (including phenoxy) is 1. The molecule has 0 fully saturated rings. The highest BCUT2D eigenvalue weighted by molar-refractivity contribution is 5.88. The van der Waals surface area contributed by atoms with Crippen molar-refractivity contribution < 1.29 is 13.9 Å². The summed E-state index contributed by atoms with van der Waals surface area (Å²) in [5.41, 5.74) is 3.50. The first-order valence-corrected chi connectivity index (χ1v) is 7.57. The summed E-state index contributed by atoms with van der Waals surface area (Å²) in [7, 11) is 1.32. The number of esters is 1. The van der Waals surface area contributed by atoms with Crippen LogP contribution in [0.5, 0.6) is 0 Å². The standard InChI is InChI=1S/C20H17NO3/c1-14-19(20(22)23-2)21-18(24-14)13-12-16-10-6-7-11-17(16)15-8-4-3-5-9-15/h3-13H,1-2H3/b13-12+. The van der Waals surface area contributed by atoms with Gasteiger partial charge in [-0.1, -0.05) is 54.6 Å². The van der Waals surface area contributed by atoms with Gasteiger partial charge in [-0.15, -0.1) is 0 Å². The minimum atomic E-state index is -0.499. The molecule has 0 atom stereocenters. The van der Waals surface area contributed by atoms with Crippen LogP contribution >= 0.6 is 0 Å². The molecule has 1 heterocycles. The lowest BCUT2D eigenvalue weighted by molar-refractivity contribution is 0.0593. The number of hydrogen-bond acceptors (Lipinski definition) is 4. The van der Waals surface area contributed by atoms with Crippen molar-refractivity contribution in [3.8, 4) is 11.1 Å². The molecule has 0 aliphatic heterocycles. The number of hydrogen-bond donors (Lipinski definition) is 0. The molecule has 4 nitrogen and oxygen atoms in total. The number of aryl methyl sites for hydroxylation is 1. The molecule has 0 unspecified atom stereocenters. The predicted molar refractivity (Wildman–Crippen MR) is 93.4 cm³/mol. The Morgan fingerprint density at radius 2 is 1.75 bits per heavy atom. The number of benzene rings is 2. The summed E-state index contributed by atoms with van der Waals surface area (Å²) in [5, 5.41) is 0. The van der Waals surface area contributed by atoms with Crippen LogP contribution < -0.4 is 0 Å². The largest absolute Gasteiger partial charge is 0.464 e. The van der Waals surface area contributed by atoms with Crippen LogP contribution in [0, 0.1) is 6.92 Å². The molecule has 1 aromatic heterocycles. The van der Waals surface area contributed by atoms with Crippen molar-refractivity contribution >= 4 is 18.1 Å². The van der Waals surface area contributed by atoms with E-state index in [1.807, 2.05) is 42.5 Å². The zero-order chi connectivity index (χ0) is 16.9. The van der Waals surface area contributed by atoms with E-state index in [9.17, 15) is 4.79 Å². The second kappa shape index (κ2) is 6.96. The maximum Gasteiger partial charge on any atom is 0.360 e.